The number of primary amides is 1. The van der Waals surface area contributed by atoms with Gasteiger partial charge in [0.15, 0.2) is 6.61 Å². The van der Waals surface area contributed by atoms with Crippen molar-refractivity contribution < 1.29 is 14.3 Å². The molecule has 0 spiro atoms. The summed E-state index contributed by atoms with van der Waals surface area (Å²) in [5, 5.41) is 3.71. The lowest BCUT2D eigenvalue weighted by atomic mass is 9.85. The number of benzene rings is 1. The number of halogens is 2. The van der Waals surface area contributed by atoms with E-state index in [4.69, 9.17) is 33.7 Å². The Labute approximate surface area is 139 Å². The Morgan fingerprint density at radius 2 is 1.86 bits per heavy atom. The molecule has 0 unspecified atom stereocenters. The molecule has 1 aromatic carbocycles. The smallest absolute Gasteiger partial charge is 0.258 e. The van der Waals surface area contributed by atoms with Crippen LogP contribution in [0.4, 0.5) is 0 Å². The number of hydrogen-bond donors (Lipinski definition) is 2. The van der Waals surface area contributed by atoms with Gasteiger partial charge < -0.3 is 15.8 Å². The molecule has 2 rings (SSSR count). The third kappa shape index (κ3) is 4.78. The van der Waals surface area contributed by atoms with Crippen molar-refractivity contribution in [2.24, 2.45) is 11.7 Å². The summed E-state index contributed by atoms with van der Waals surface area (Å²) in [5.74, 6) is -0.0380. The summed E-state index contributed by atoms with van der Waals surface area (Å²) in [4.78, 5) is 23.0. The molecule has 22 heavy (non-hydrogen) atoms. The normalized spacial score (nSPS) is 21.2. The number of nitrogens with one attached hydrogen (secondary N) is 1. The molecule has 0 atom stereocenters. The van der Waals surface area contributed by atoms with E-state index >= 15 is 0 Å². The van der Waals surface area contributed by atoms with Crippen molar-refractivity contribution in [3.05, 3.63) is 28.2 Å². The summed E-state index contributed by atoms with van der Waals surface area (Å²) in [6, 6.07) is 4.90. The van der Waals surface area contributed by atoms with Gasteiger partial charge in [-0.15, -0.1) is 0 Å². The summed E-state index contributed by atoms with van der Waals surface area (Å²) in [6.07, 6.45) is 2.94. The summed E-state index contributed by atoms with van der Waals surface area (Å²) >= 11 is 11.7. The van der Waals surface area contributed by atoms with E-state index in [1.165, 1.54) is 0 Å². The van der Waals surface area contributed by atoms with Gasteiger partial charge in [0.25, 0.3) is 5.91 Å². The minimum absolute atomic E-state index is 0.0689. The van der Waals surface area contributed by atoms with Gasteiger partial charge in [0.2, 0.25) is 5.91 Å². The molecule has 1 aromatic rings. The molecule has 1 aliphatic rings. The quantitative estimate of drug-likeness (QED) is 0.860. The molecular weight excluding hydrogens is 327 g/mol. The van der Waals surface area contributed by atoms with Crippen LogP contribution in [0, 0.1) is 5.92 Å². The van der Waals surface area contributed by atoms with Crippen molar-refractivity contribution in [2.75, 3.05) is 6.61 Å². The minimum Gasteiger partial charge on any atom is -0.484 e. The minimum atomic E-state index is -0.257. The highest BCUT2D eigenvalue weighted by Gasteiger charge is 2.25. The SMILES string of the molecule is NC(=O)C1CCC(NC(=O)COc2ccc(Cl)c(Cl)c2)CC1. The van der Waals surface area contributed by atoms with Gasteiger partial charge in [0, 0.05) is 18.0 Å². The fraction of sp³-hybridized carbons (Fsp3) is 0.467. The molecule has 0 aromatic heterocycles. The second-order valence-corrected chi connectivity index (χ2v) is 6.20. The molecule has 5 nitrogen and oxygen atoms in total. The largest absolute Gasteiger partial charge is 0.484 e. The number of amides is 2. The van der Waals surface area contributed by atoms with Gasteiger partial charge in [0.1, 0.15) is 5.75 Å². The Balaban J connectivity index is 1.74. The summed E-state index contributed by atoms with van der Waals surface area (Å²) in [5.41, 5.74) is 5.28. The van der Waals surface area contributed by atoms with Crippen LogP contribution >= 0.6 is 23.2 Å². The Morgan fingerprint density at radius 1 is 1.18 bits per heavy atom. The van der Waals surface area contributed by atoms with Gasteiger partial charge in [-0.1, -0.05) is 23.2 Å². The Morgan fingerprint density at radius 3 is 2.45 bits per heavy atom. The van der Waals surface area contributed by atoms with Crippen molar-refractivity contribution in [3.8, 4) is 5.75 Å². The van der Waals surface area contributed by atoms with E-state index in [-0.39, 0.29) is 30.4 Å². The van der Waals surface area contributed by atoms with E-state index in [0.29, 0.717) is 28.6 Å². The average molecular weight is 345 g/mol. The molecule has 0 radical (unpaired) electrons. The first-order valence-electron chi connectivity index (χ1n) is 7.12. The van der Waals surface area contributed by atoms with Crippen LogP contribution in [0.5, 0.6) is 5.75 Å². The standard InChI is InChI=1S/C15H18Cl2N2O3/c16-12-6-5-11(7-13(12)17)22-8-14(20)19-10-3-1-9(2-4-10)15(18)21/h5-7,9-10H,1-4,8H2,(H2,18,21)(H,19,20). The van der Waals surface area contributed by atoms with Crippen LogP contribution in [0.1, 0.15) is 25.7 Å². The van der Waals surface area contributed by atoms with Gasteiger partial charge in [-0.05, 0) is 37.8 Å². The lowest BCUT2D eigenvalue weighted by Gasteiger charge is -2.27. The van der Waals surface area contributed by atoms with Crippen LogP contribution in [0.15, 0.2) is 18.2 Å². The van der Waals surface area contributed by atoms with Gasteiger partial charge in [-0.25, -0.2) is 0 Å². The first-order valence-corrected chi connectivity index (χ1v) is 7.88. The third-order valence-electron chi connectivity index (χ3n) is 3.76. The van der Waals surface area contributed by atoms with Gasteiger partial charge in [-0.2, -0.15) is 0 Å². The van der Waals surface area contributed by atoms with Crippen molar-refractivity contribution in [1.82, 2.24) is 5.32 Å². The maximum absolute atomic E-state index is 11.9. The first-order chi connectivity index (χ1) is 10.5. The zero-order valence-electron chi connectivity index (χ0n) is 12.0. The number of hydrogen-bond acceptors (Lipinski definition) is 3. The third-order valence-corrected chi connectivity index (χ3v) is 4.49. The summed E-state index contributed by atoms with van der Waals surface area (Å²) in [7, 11) is 0. The van der Waals surface area contributed by atoms with E-state index in [2.05, 4.69) is 5.32 Å². The Kier molecular flexibility index (Phi) is 5.91. The molecule has 1 aliphatic carbocycles. The van der Waals surface area contributed by atoms with E-state index < -0.39 is 0 Å². The lowest BCUT2D eigenvalue weighted by Crippen LogP contribution is -2.41. The van der Waals surface area contributed by atoms with E-state index in [0.717, 1.165) is 12.8 Å². The lowest BCUT2D eigenvalue weighted by molar-refractivity contribution is -0.124. The average Bonchev–Trinajstić information content (AvgIpc) is 2.49. The molecule has 7 heteroatoms. The molecule has 1 fully saturated rings. The van der Waals surface area contributed by atoms with Gasteiger partial charge in [0.05, 0.1) is 10.0 Å². The fourth-order valence-electron chi connectivity index (χ4n) is 2.51. The van der Waals surface area contributed by atoms with Gasteiger partial charge in [-0.3, -0.25) is 9.59 Å². The zero-order valence-corrected chi connectivity index (χ0v) is 13.5. The summed E-state index contributed by atoms with van der Waals surface area (Å²) in [6.45, 7) is -0.0896. The number of nitrogens with two attached hydrogens (primary N) is 1. The van der Waals surface area contributed by atoms with Crippen molar-refractivity contribution in [1.29, 1.82) is 0 Å². The van der Waals surface area contributed by atoms with E-state index in [1.54, 1.807) is 18.2 Å². The molecule has 0 heterocycles. The number of ether oxygens (including phenoxy) is 1. The van der Waals surface area contributed by atoms with Crippen molar-refractivity contribution >= 4 is 35.0 Å². The van der Waals surface area contributed by atoms with Crippen LogP contribution in [-0.4, -0.2) is 24.5 Å². The molecule has 0 bridgehead atoms. The number of rotatable bonds is 5. The molecular formula is C15H18Cl2N2O3. The molecule has 0 saturated heterocycles. The molecule has 0 aliphatic heterocycles. The van der Waals surface area contributed by atoms with Crippen LogP contribution in [-0.2, 0) is 9.59 Å². The molecule has 120 valence electrons. The van der Waals surface area contributed by atoms with Crippen molar-refractivity contribution in [2.45, 2.75) is 31.7 Å². The second-order valence-electron chi connectivity index (χ2n) is 5.38. The monoisotopic (exact) mass is 344 g/mol. The molecule has 3 N–H and O–H groups in total. The van der Waals surface area contributed by atoms with Gasteiger partial charge >= 0.3 is 0 Å². The van der Waals surface area contributed by atoms with Crippen LogP contribution in [0.25, 0.3) is 0 Å². The van der Waals surface area contributed by atoms with Crippen molar-refractivity contribution in [3.63, 3.8) is 0 Å². The number of carbonyl (C=O) groups excluding carboxylic acids is 2. The molecule has 1 saturated carbocycles. The van der Waals surface area contributed by atoms with E-state index in [1.807, 2.05) is 0 Å². The maximum atomic E-state index is 11.9. The van der Waals surface area contributed by atoms with E-state index in [9.17, 15) is 9.59 Å². The highest BCUT2D eigenvalue weighted by molar-refractivity contribution is 6.42. The first kappa shape index (κ1) is 16.9. The Bertz CT molecular complexity index is 558. The predicted octanol–water partition coefficient (Wildman–Crippen LogP) is 2.53. The highest BCUT2D eigenvalue weighted by Crippen LogP contribution is 2.26. The highest BCUT2D eigenvalue weighted by atomic mass is 35.5. The predicted molar refractivity (Wildman–Crippen MR) is 85.0 cm³/mol. The fourth-order valence-corrected chi connectivity index (χ4v) is 2.80. The van der Waals surface area contributed by atoms with Crippen LogP contribution < -0.4 is 15.8 Å². The topological polar surface area (TPSA) is 81.4 Å². The zero-order chi connectivity index (χ0) is 16.1. The van der Waals surface area contributed by atoms with Crippen LogP contribution in [0.2, 0.25) is 10.0 Å². The second kappa shape index (κ2) is 7.70. The maximum Gasteiger partial charge on any atom is 0.258 e. The Hall–Kier alpha value is -1.46. The number of carbonyl (C=O) groups is 2. The summed E-state index contributed by atoms with van der Waals surface area (Å²) < 4.78 is 5.38. The van der Waals surface area contributed by atoms with Crippen LogP contribution in [0.3, 0.4) is 0 Å². The molecule has 2 amide bonds.